The predicted molar refractivity (Wildman–Crippen MR) is 64.7 cm³/mol. The summed E-state index contributed by atoms with van der Waals surface area (Å²) < 4.78 is 1.12. The van der Waals surface area contributed by atoms with Crippen LogP contribution in [0.1, 0.15) is 10.6 Å². The Kier molecular flexibility index (Phi) is 2.70. The second-order valence-electron chi connectivity index (χ2n) is 3.17. The van der Waals surface area contributed by atoms with Crippen molar-refractivity contribution in [2.75, 3.05) is 0 Å². The summed E-state index contributed by atoms with van der Waals surface area (Å²) >= 11 is 5.22. The van der Waals surface area contributed by atoms with Crippen LogP contribution in [0.2, 0.25) is 0 Å². The molecule has 0 fully saturated rings. The van der Waals surface area contributed by atoms with Crippen LogP contribution >= 0.6 is 27.3 Å². The van der Waals surface area contributed by atoms with Crippen LogP contribution in [0.5, 0.6) is 0 Å². The fourth-order valence-corrected chi connectivity index (χ4v) is 3.06. The van der Waals surface area contributed by atoms with E-state index in [0.717, 1.165) is 14.5 Å². The fourth-order valence-electron chi connectivity index (χ4n) is 1.41. The molecule has 0 spiro atoms. The van der Waals surface area contributed by atoms with Crippen LogP contribution in [0.15, 0.2) is 28.1 Å². The minimum atomic E-state index is 1.06. The molecule has 0 N–H and O–H groups in total. The topological polar surface area (TPSA) is 12.9 Å². The third-order valence-electron chi connectivity index (χ3n) is 2.09. The van der Waals surface area contributed by atoms with Crippen LogP contribution < -0.4 is 0 Å². The summed E-state index contributed by atoms with van der Waals surface area (Å²) in [7, 11) is 0. The van der Waals surface area contributed by atoms with Gasteiger partial charge in [0.05, 0.1) is 14.5 Å². The van der Waals surface area contributed by atoms with E-state index in [4.69, 9.17) is 0 Å². The van der Waals surface area contributed by atoms with E-state index < -0.39 is 0 Å². The Balaban J connectivity index is 2.60. The Labute approximate surface area is 95.9 Å². The quantitative estimate of drug-likeness (QED) is 0.755. The number of hydrogen-bond acceptors (Lipinski definition) is 2. The van der Waals surface area contributed by atoms with Gasteiger partial charge in [0.15, 0.2) is 0 Å². The summed E-state index contributed by atoms with van der Waals surface area (Å²) in [6, 6.07) is 8.31. The van der Waals surface area contributed by atoms with Gasteiger partial charge in [0.25, 0.3) is 0 Å². The van der Waals surface area contributed by atoms with Crippen LogP contribution in [0, 0.1) is 13.8 Å². The van der Waals surface area contributed by atoms with E-state index in [1.54, 1.807) is 11.3 Å². The van der Waals surface area contributed by atoms with Gasteiger partial charge in [0, 0.05) is 5.56 Å². The second kappa shape index (κ2) is 3.83. The largest absolute Gasteiger partial charge is 0.240 e. The van der Waals surface area contributed by atoms with Gasteiger partial charge in [-0.3, -0.25) is 0 Å². The lowest BCUT2D eigenvalue weighted by molar-refractivity contribution is 1.28. The molecule has 0 aliphatic carbocycles. The number of thiazole rings is 1. The van der Waals surface area contributed by atoms with Crippen LogP contribution in [0.3, 0.4) is 0 Å². The highest BCUT2D eigenvalue weighted by atomic mass is 79.9. The van der Waals surface area contributed by atoms with Crippen molar-refractivity contribution >= 4 is 27.3 Å². The lowest BCUT2D eigenvalue weighted by Crippen LogP contribution is -1.83. The fraction of sp³-hybridized carbons (Fsp3) is 0.182. The maximum atomic E-state index is 4.51. The van der Waals surface area contributed by atoms with Crippen molar-refractivity contribution in [2.24, 2.45) is 0 Å². The Morgan fingerprint density at radius 1 is 1.21 bits per heavy atom. The van der Waals surface area contributed by atoms with Crippen molar-refractivity contribution < 1.29 is 0 Å². The molecule has 3 heteroatoms. The number of benzene rings is 1. The van der Waals surface area contributed by atoms with E-state index in [2.05, 4.69) is 40.0 Å². The highest BCUT2D eigenvalue weighted by molar-refractivity contribution is 9.11. The molecule has 14 heavy (non-hydrogen) atoms. The van der Waals surface area contributed by atoms with Crippen molar-refractivity contribution in [3.05, 3.63) is 38.6 Å². The Morgan fingerprint density at radius 2 is 1.93 bits per heavy atom. The minimum absolute atomic E-state index is 1.06. The Hall–Kier alpha value is -0.670. The van der Waals surface area contributed by atoms with Crippen LogP contribution in [0.4, 0.5) is 0 Å². The van der Waals surface area contributed by atoms with Crippen LogP contribution in [0.25, 0.3) is 11.3 Å². The first-order valence-corrected chi connectivity index (χ1v) is 5.98. The first-order chi connectivity index (χ1) is 6.68. The molecule has 0 aliphatic heterocycles. The molecule has 0 saturated heterocycles. The SMILES string of the molecule is Cc1nc(-c2ccccc2C)c(Br)s1. The van der Waals surface area contributed by atoms with Crippen LogP contribution in [-0.2, 0) is 0 Å². The molecule has 0 bridgehead atoms. The van der Waals surface area contributed by atoms with Crippen molar-refractivity contribution in [3.8, 4) is 11.3 Å². The molecule has 0 aliphatic rings. The van der Waals surface area contributed by atoms with E-state index in [1.165, 1.54) is 11.1 Å². The average molecular weight is 268 g/mol. The first kappa shape index (κ1) is 9.87. The van der Waals surface area contributed by atoms with Gasteiger partial charge in [-0.25, -0.2) is 4.98 Å². The van der Waals surface area contributed by atoms with E-state index in [1.807, 2.05) is 19.1 Å². The molecule has 72 valence electrons. The number of aromatic nitrogens is 1. The van der Waals surface area contributed by atoms with E-state index in [0.29, 0.717) is 0 Å². The van der Waals surface area contributed by atoms with Gasteiger partial charge in [-0.2, -0.15) is 0 Å². The molecule has 1 aromatic carbocycles. The molecule has 0 unspecified atom stereocenters. The Bertz CT molecular complexity index is 462. The maximum Gasteiger partial charge on any atom is 0.0979 e. The van der Waals surface area contributed by atoms with Gasteiger partial charge in [0.1, 0.15) is 0 Å². The molecule has 0 saturated carbocycles. The molecular formula is C11H10BrNS. The monoisotopic (exact) mass is 267 g/mol. The molecule has 1 nitrogen and oxygen atoms in total. The zero-order valence-corrected chi connectivity index (χ0v) is 10.4. The van der Waals surface area contributed by atoms with E-state index in [-0.39, 0.29) is 0 Å². The maximum absolute atomic E-state index is 4.51. The second-order valence-corrected chi connectivity index (χ2v) is 5.69. The van der Waals surface area contributed by atoms with Gasteiger partial charge in [0.2, 0.25) is 0 Å². The van der Waals surface area contributed by atoms with Crippen LogP contribution in [-0.4, -0.2) is 4.98 Å². The minimum Gasteiger partial charge on any atom is -0.240 e. The molecule has 2 aromatic rings. The summed E-state index contributed by atoms with van der Waals surface area (Å²) in [5, 5.41) is 1.09. The number of hydrogen-bond donors (Lipinski definition) is 0. The number of nitrogens with zero attached hydrogens (tertiary/aromatic N) is 1. The molecule has 1 heterocycles. The highest BCUT2D eigenvalue weighted by Crippen LogP contribution is 2.33. The lowest BCUT2D eigenvalue weighted by Gasteiger charge is -2.01. The summed E-state index contributed by atoms with van der Waals surface area (Å²) in [5.74, 6) is 0. The molecule has 0 radical (unpaired) electrons. The van der Waals surface area contributed by atoms with Gasteiger partial charge < -0.3 is 0 Å². The molecule has 2 rings (SSSR count). The zero-order chi connectivity index (χ0) is 10.1. The third kappa shape index (κ3) is 1.74. The van der Waals surface area contributed by atoms with Crippen molar-refractivity contribution in [2.45, 2.75) is 13.8 Å². The first-order valence-electron chi connectivity index (χ1n) is 4.37. The molecule has 0 amide bonds. The van der Waals surface area contributed by atoms with E-state index >= 15 is 0 Å². The standard InChI is InChI=1S/C11H10BrNS/c1-7-5-3-4-6-9(7)10-11(12)14-8(2)13-10/h3-6H,1-2H3. The summed E-state index contributed by atoms with van der Waals surface area (Å²) in [5.41, 5.74) is 3.54. The van der Waals surface area contributed by atoms with Crippen molar-refractivity contribution in [1.29, 1.82) is 0 Å². The smallest absolute Gasteiger partial charge is 0.0979 e. The highest BCUT2D eigenvalue weighted by Gasteiger charge is 2.09. The Morgan fingerprint density at radius 3 is 2.50 bits per heavy atom. The number of rotatable bonds is 1. The molecule has 1 aromatic heterocycles. The lowest BCUT2D eigenvalue weighted by atomic mass is 10.1. The third-order valence-corrected chi connectivity index (χ3v) is 3.71. The van der Waals surface area contributed by atoms with Gasteiger partial charge in [-0.15, -0.1) is 11.3 Å². The summed E-state index contributed by atoms with van der Waals surface area (Å²) in [4.78, 5) is 4.51. The predicted octanol–water partition coefficient (Wildman–Crippen LogP) is 4.19. The molecule has 0 atom stereocenters. The zero-order valence-electron chi connectivity index (χ0n) is 8.04. The summed E-state index contributed by atoms with van der Waals surface area (Å²) in [6.45, 7) is 4.13. The normalized spacial score (nSPS) is 10.5. The van der Waals surface area contributed by atoms with Crippen molar-refractivity contribution in [3.63, 3.8) is 0 Å². The van der Waals surface area contributed by atoms with Gasteiger partial charge in [-0.05, 0) is 35.3 Å². The van der Waals surface area contributed by atoms with E-state index in [9.17, 15) is 0 Å². The summed E-state index contributed by atoms with van der Waals surface area (Å²) in [6.07, 6.45) is 0. The number of aryl methyl sites for hydroxylation is 2. The molecular weight excluding hydrogens is 258 g/mol. The van der Waals surface area contributed by atoms with Gasteiger partial charge >= 0.3 is 0 Å². The van der Waals surface area contributed by atoms with Crippen molar-refractivity contribution in [1.82, 2.24) is 4.98 Å². The number of halogens is 1. The average Bonchev–Trinajstić information content (AvgIpc) is 2.46. The van der Waals surface area contributed by atoms with Gasteiger partial charge in [-0.1, -0.05) is 24.3 Å².